The summed E-state index contributed by atoms with van der Waals surface area (Å²) < 4.78 is 27.9. The number of hydrogen-bond donors (Lipinski definition) is 0. The molecular weight excluding hydrogens is 602 g/mol. The van der Waals surface area contributed by atoms with Crippen LogP contribution in [0.15, 0.2) is 36.4 Å². The molecule has 0 spiro atoms. The van der Waals surface area contributed by atoms with Gasteiger partial charge in [-0.05, 0) is 63.8 Å². The lowest BCUT2D eigenvalue weighted by molar-refractivity contribution is -0.159. The van der Waals surface area contributed by atoms with E-state index in [4.69, 9.17) is 28.9 Å². The fourth-order valence-corrected chi connectivity index (χ4v) is 4.74. The SMILES string of the molecule is CCCCCCC=CCC(CC(C)=O)OCC(=O)CC(CCCC)OC(=O)CC(C)OC(=O)CC(COc1ccc(C#N)cc1)OC. The van der Waals surface area contributed by atoms with E-state index < -0.39 is 30.3 Å². The van der Waals surface area contributed by atoms with Crippen LogP contribution < -0.4 is 4.74 Å². The highest BCUT2D eigenvalue weighted by molar-refractivity contribution is 5.81. The Labute approximate surface area is 281 Å². The number of methoxy groups -OCH3 is 1. The molecule has 0 aliphatic carbocycles. The van der Waals surface area contributed by atoms with Crippen LogP contribution >= 0.6 is 0 Å². The van der Waals surface area contributed by atoms with Gasteiger partial charge in [0.2, 0.25) is 0 Å². The number of rotatable bonds is 27. The van der Waals surface area contributed by atoms with Crippen molar-refractivity contribution in [1.82, 2.24) is 0 Å². The van der Waals surface area contributed by atoms with E-state index in [2.05, 4.69) is 13.0 Å². The van der Waals surface area contributed by atoms with Crippen molar-refractivity contribution in [3.8, 4) is 11.8 Å². The Morgan fingerprint density at radius 1 is 0.830 bits per heavy atom. The molecule has 0 amide bonds. The number of unbranched alkanes of at least 4 members (excludes halogenated alkanes) is 5. The second kappa shape index (κ2) is 25.5. The number of allylic oxidation sites excluding steroid dienone is 1. The Balaban J connectivity index is 2.53. The lowest BCUT2D eigenvalue weighted by Crippen LogP contribution is -2.29. The van der Waals surface area contributed by atoms with Crippen molar-refractivity contribution in [2.45, 2.75) is 136 Å². The average Bonchev–Trinajstić information content (AvgIpc) is 3.03. The topological polar surface area (TPSA) is 138 Å². The Morgan fingerprint density at radius 2 is 1.53 bits per heavy atom. The molecule has 4 unspecified atom stereocenters. The monoisotopic (exact) mass is 657 g/mol. The number of nitriles is 1. The van der Waals surface area contributed by atoms with Gasteiger partial charge in [0.15, 0.2) is 5.78 Å². The zero-order chi connectivity index (χ0) is 34.9. The quantitative estimate of drug-likeness (QED) is 0.0552. The van der Waals surface area contributed by atoms with Gasteiger partial charge in [0.1, 0.15) is 43.1 Å². The number of carbonyl (C=O) groups excluding carboxylic acids is 4. The van der Waals surface area contributed by atoms with Gasteiger partial charge in [-0.1, -0.05) is 58.1 Å². The maximum atomic E-state index is 12.8. The summed E-state index contributed by atoms with van der Waals surface area (Å²) in [5.41, 5.74) is 0.510. The predicted molar refractivity (Wildman–Crippen MR) is 179 cm³/mol. The highest BCUT2D eigenvalue weighted by Crippen LogP contribution is 2.16. The van der Waals surface area contributed by atoms with Crippen molar-refractivity contribution in [3.05, 3.63) is 42.0 Å². The van der Waals surface area contributed by atoms with E-state index in [9.17, 15) is 19.2 Å². The zero-order valence-corrected chi connectivity index (χ0v) is 29.0. The number of nitrogens with zero attached hydrogens (tertiary/aromatic N) is 1. The summed E-state index contributed by atoms with van der Waals surface area (Å²) in [5, 5.41) is 8.91. The molecule has 0 saturated heterocycles. The first-order chi connectivity index (χ1) is 22.6. The molecule has 0 aliphatic rings. The third-order valence-electron chi connectivity index (χ3n) is 7.35. The van der Waals surface area contributed by atoms with E-state index in [1.54, 1.807) is 31.2 Å². The molecular formula is C37H55NO9. The van der Waals surface area contributed by atoms with Crippen molar-refractivity contribution in [1.29, 1.82) is 5.26 Å². The van der Waals surface area contributed by atoms with E-state index in [0.717, 1.165) is 25.7 Å². The van der Waals surface area contributed by atoms with Crippen molar-refractivity contribution in [2.75, 3.05) is 20.3 Å². The van der Waals surface area contributed by atoms with Crippen LogP contribution in [-0.2, 0) is 38.1 Å². The summed E-state index contributed by atoms with van der Waals surface area (Å²) in [6, 6.07) is 8.61. The standard InChI is InChI=1S/C37H55NO9/c1-6-8-10-11-12-13-14-16-33(21-28(3)39)44-26-31(40)23-34(15-9-7-2)47-36(41)22-29(4)46-37(42)24-35(43-5)27-45-32-19-17-30(25-38)18-20-32/h13-14,17-20,29,33-35H,6-12,15-16,21-24,26-27H2,1-5H3. The first-order valence-corrected chi connectivity index (χ1v) is 16.9. The molecule has 0 aliphatic heterocycles. The maximum absolute atomic E-state index is 12.8. The Hall–Kier alpha value is -3.55. The summed E-state index contributed by atoms with van der Waals surface area (Å²) in [5.74, 6) is -0.787. The third kappa shape index (κ3) is 21.0. The first kappa shape index (κ1) is 41.5. The molecule has 10 heteroatoms. The lowest BCUT2D eigenvalue weighted by atomic mass is 10.1. The molecule has 0 radical (unpaired) electrons. The van der Waals surface area contributed by atoms with Crippen molar-refractivity contribution >= 4 is 23.5 Å². The van der Waals surface area contributed by atoms with Crippen LogP contribution in [0.4, 0.5) is 0 Å². The first-order valence-electron chi connectivity index (χ1n) is 16.9. The second-order valence-electron chi connectivity index (χ2n) is 11.9. The molecule has 1 rings (SSSR count). The number of ether oxygens (including phenoxy) is 5. The lowest BCUT2D eigenvalue weighted by Gasteiger charge is -2.20. The van der Waals surface area contributed by atoms with Gasteiger partial charge in [-0.2, -0.15) is 5.26 Å². The van der Waals surface area contributed by atoms with Crippen molar-refractivity contribution < 1.29 is 42.9 Å². The van der Waals surface area contributed by atoms with Crippen LogP contribution in [0.3, 0.4) is 0 Å². The van der Waals surface area contributed by atoms with E-state index in [1.165, 1.54) is 33.3 Å². The van der Waals surface area contributed by atoms with Gasteiger partial charge in [0, 0.05) is 20.0 Å². The minimum atomic E-state index is -0.746. The smallest absolute Gasteiger partial charge is 0.309 e. The van der Waals surface area contributed by atoms with E-state index in [0.29, 0.717) is 24.2 Å². The van der Waals surface area contributed by atoms with Crippen LogP contribution in [0.5, 0.6) is 5.75 Å². The maximum Gasteiger partial charge on any atom is 0.309 e. The van der Waals surface area contributed by atoms with Crippen LogP contribution in [-0.4, -0.2) is 68.2 Å². The molecule has 1 aromatic carbocycles. The largest absolute Gasteiger partial charge is 0.491 e. The molecule has 47 heavy (non-hydrogen) atoms. The van der Waals surface area contributed by atoms with E-state index >= 15 is 0 Å². The zero-order valence-electron chi connectivity index (χ0n) is 29.0. The summed E-state index contributed by atoms with van der Waals surface area (Å²) in [7, 11) is 1.46. The summed E-state index contributed by atoms with van der Waals surface area (Å²) in [6.45, 7) is 7.23. The van der Waals surface area contributed by atoms with E-state index in [1.807, 2.05) is 19.1 Å². The fraction of sp³-hybridized carbons (Fsp3) is 0.649. The van der Waals surface area contributed by atoms with Gasteiger partial charge < -0.3 is 23.7 Å². The number of esters is 2. The highest BCUT2D eigenvalue weighted by atomic mass is 16.6. The molecule has 10 nitrogen and oxygen atoms in total. The molecule has 0 N–H and O–H groups in total. The molecule has 1 aromatic rings. The number of ketones is 2. The van der Waals surface area contributed by atoms with Crippen LogP contribution in [0.1, 0.15) is 117 Å². The minimum absolute atomic E-state index is 0.00227. The van der Waals surface area contributed by atoms with Crippen LogP contribution in [0.25, 0.3) is 0 Å². The van der Waals surface area contributed by atoms with Gasteiger partial charge in [-0.3, -0.25) is 19.2 Å². The van der Waals surface area contributed by atoms with Crippen molar-refractivity contribution in [3.63, 3.8) is 0 Å². The Morgan fingerprint density at radius 3 is 2.17 bits per heavy atom. The molecule has 0 fully saturated rings. The molecule has 0 saturated carbocycles. The molecule has 4 atom stereocenters. The number of hydrogen-bond acceptors (Lipinski definition) is 10. The fourth-order valence-electron chi connectivity index (χ4n) is 4.74. The van der Waals surface area contributed by atoms with Gasteiger partial charge in [-0.25, -0.2) is 0 Å². The van der Waals surface area contributed by atoms with Gasteiger partial charge in [0.25, 0.3) is 0 Å². The van der Waals surface area contributed by atoms with Crippen LogP contribution in [0, 0.1) is 11.3 Å². The van der Waals surface area contributed by atoms with Gasteiger partial charge in [0.05, 0.1) is 30.6 Å². The summed E-state index contributed by atoms with van der Waals surface area (Å²) in [4.78, 5) is 49.8. The third-order valence-corrected chi connectivity index (χ3v) is 7.35. The Bertz CT molecular complexity index is 1130. The minimum Gasteiger partial charge on any atom is -0.491 e. The molecule has 0 aromatic heterocycles. The molecule has 262 valence electrons. The van der Waals surface area contributed by atoms with E-state index in [-0.39, 0.29) is 56.6 Å². The summed E-state index contributed by atoms with van der Waals surface area (Å²) >= 11 is 0. The Kier molecular flexibility index (Phi) is 22.5. The normalized spacial score (nSPS) is 13.7. The second-order valence-corrected chi connectivity index (χ2v) is 11.9. The number of benzene rings is 1. The van der Waals surface area contributed by atoms with Crippen LogP contribution in [0.2, 0.25) is 0 Å². The molecule has 0 bridgehead atoms. The van der Waals surface area contributed by atoms with Gasteiger partial charge >= 0.3 is 11.9 Å². The van der Waals surface area contributed by atoms with Gasteiger partial charge in [-0.15, -0.1) is 0 Å². The highest BCUT2D eigenvalue weighted by Gasteiger charge is 2.23. The number of Topliss-reactive ketones (excluding diaryl/α,β-unsaturated/α-hetero) is 2. The number of carbonyl (C=O) groups is 4. The predicted octanol–water partition coefficient (Wildman–Crippen LogP) is 7.01. The average molecular weight is 658 g/mol. The summed E-state index contributed by atoms with van der Waals surface area (Å²) in [6.07, 6.45) is 10.2. The van der Waals surface area contributed by atoms with Crippen molar-refractivity contribution in [2.24, 2.45) is 0 Å². The molecule has 0 heterocycles.